The highest BCUT2D eigenvalue weighted by Crippen LogP contribution is 2.40. The van der Waals surface area contributed by atoms with E-state index in [4.69, 9.17) is 28.4 Å². The average Bonchev–Trinajstić information content (AvgIpc) is 3.07. The van der Waals surface area contributed by atoms with Gasteiger partial charge in [-0.05, 0) is 107 Å². The molecule has 0 unspecified atom stereocenters. The lowest BCUT2D eigenvalue weighted by molar-refractivity contribution is 0.205. The van der Waals surface area contributed by atoms with Gasteiger partial charge in [-0.2, -0.15) is 0 Å². The Morgan fingerprint density at radius 3 is 1.35 bits per heavy atom. The molecule has 0 saturated heterocycles. The summed E-state index contributed by atoms with van der Waals surface area (Å²) in [5.74, 6) is 3.14. The van der Waals surface area contributed by atoms with E-state index in [-0.39, 0.29) is 31.3 Å². The van der Waals surface area contributed by atoms with Gasteiger partial charge in [0, 0.05) is 0 Å². The number of aliphatic hydroxyl groups is 1. The minimum Gasteiger partial charge on any atom is -0.504 e. The largest absolute Gasteiger partial charge is 0.504 e. The molecule has 0 saturated carbocycles. The number of methoxy groups -OCH3 is 4. The van der Waals surface area contributed by atoms with E-state index in [0.717, 1.165) is 38.9 Å². The third kappa shape index (κ3) is 6.36. The molecule has 5 rings (SSSR count). The van der Waals surface area contributed by atoms with E-state index >= 15 is 0 Å². The molecular formula is C34H36O9. The van der Waals surface area contributed by atoms with Crippen molar-refractivity contribution < 1.29 is 43.7 Å². The SMILES string of the molecule is COc1cc2c(cc1O)Cc1cc(OC)c(OCCOc3ccc(CO)cc3OC)cc1Cc1cc(OC)c(O)cc1C2. The Kier molecular flexibility index (Phi) is 9.01. The molecule has 0 aromatic heterocycles. The highest BCUT2D eigenvalue weighted by Gasteiger charge is 2.21. The van der Waals surface area contributed by atoms with Crippen molar-refractivity contribution in [3.05, 3.63) is 93.5 Å². The van der Waals surface area contributed by atoms with Crippen LogP contribution in [0.4, 0.5) is 0 Å². The normalized spacial score (nSPS) is 12.0. The Hall–Kier alpha value is -4.76. The molecule has 0 heterocycles. The second-order valence-corrected chi connectivity index (χ2v) is 10.2. The third-order valence-electron chi connectivity index (χ3n) is 7.64. The zero-order chi connectivity index (χ0) is 30.5. The zero-order valence-corrected chi connectivity index (χ0v) is 24.7. The van der Waals surface area contributed by atoms with E-state index in [1.807, 2.05) is 24.3 Å². The lowest BCUT2D eigenvalue weighted by atomic mass is 9.94. The predicted molar refractivity (Wildman–Crippen MR) is 161 cm³/mol. The molecule has 0 amide bonds. The molecule has 0 aliphatic heterocycles. The second kappa shape index (κ2) is 13.0. The summed E-state index contributed by atoms with van der Waals surface area (Å²) in [6.45, 7) is 0.412. The van der Waals surface area contributed by atoms with E-state index in [2.05, 4.69) is 0 Å². The quantitative estimate of drug-likeness (QED) is 0.190. The number of aliphatic hydroxyl groups excluding tert-OH is 1. The van der Waals surface area contributed by atoms with Gasteiger partial charge in [0.1, 0.15) is 13.2 Å². The van der Waals surface area contributed by atoms with Crippen molar-refractivity contribution in [1.82, 2.24) is 0 Å². The number of phenolic OH excluding ortho intramolecular Hbond substituents is 2. The van der Waals surface area contributed by atoms with Crippen LogP contribution in [0.5, 0.6) is 46.0 Å². The fraction of sp³-hybridized carbons (Fsp3) is 0.294. The highest BCUT2D eigenvalue weighted by atomic mass is 16.5. The number of fused-ring (bicyclic) bond motifs is 3. The third-order valence-corrected chi connectivity index (χ3v) is 7.64. The van der Waals surface area contributed by atoms with E-state index in [1.165, 1.54) is 14.2 Å². The highest BCUT2D eigenvalue weighted by molar-refractivity contribution is 5.57. The lowest BCUT2D eigenvalue weighted by Crippen LogP contribution is -2.11. The van der Waals surface area contributed by atoms with E-state index in [1.54, 1.807) is 44.6 Å². The smallest absolute Gasteiger partial charge is 0.161 e. The van der Waals surface area contributed by atoms with Gasteiger partial charge in [0.15, 0.2) is 46.0 Å². The second-order valence-electron chi connectivity index (χ2n) is 10.2. The zero-order valence-electron chi connectivity index (χ0n) is 24.7. The topological polar surface area (TPSA) is 116 Å². The fourth-order valence-electron chi connectivity index (χ4n) is 5.39. The van der Waals surface area contributed by atoms with Gasteiger partial charge in [-0.3, -0.25) is 0 Å². The van der Waals surface area contributed by atoms with Crippen LogP contribution in [0.2, 0.25) is 0 Å². The van der Waals surface area contributed by atoms with Gasteiger partial charge >= 0.3 is 0 Å². The van der Waals surface area contributed by atoms with Crippen molar-refractivity contribution in [3.63, 3.8) is 0 Å². The summed E-state index contributed by atoms with van der Waals surface area (Å²) in [6.07, 6.45) is 1.64. The number of hydrogen-bond acceptors (Lipinski definition) is 9. The first-order valence-corrected chi connectivity index (χ1v) is 13.9. The molecule has 226 valence electrons. The molecule has 4 aromatic rings. The van der Waals surface area contributed by atoms with Crippen LogP contribution in [0.15, 0.2) is 54.6 Å². The van der Waals surface area contributed by atoms with Crippen LogP contribution in [-0.4, -0.2) is 57.0 Å². The number of aromatic hydroxyl groups is 2. The summed E-state index contributed by atoms with van der Waals surface area (Å²) in [6, 6.07) is 16.4. The number of ether oxygens (including phenoxy) is 6. The van der Waals surface area contributed by atoms with Crippen LogP contribution in [-0.2, 0) is 25.9 Å². The van der Waals surface area contributed by atoms with Crippen molar-refractivity contribution in [2.24, 2.45) is 0 Å². The predicted octanol–water partition coefficient (Wildman–Crippen LogP) is 5.17. The van der Waals surface area contributed by atoms with Crippen LogP contribution >= 0.6 is 0 Å². The van der Waals surface area contributed by atoms with E-state index < -0.39 is 0 Å². The first kappa shape index (κ1) is 29.7. The Morgan fingerprint density at radius 2 is 0.884 bits per heavy atom. The molecule has 0 radical (unpaired) electrons. The average molecular weight is 589 g/mol. The Bertz CT molecular complexity index is 1600. The Morgan fingerprint density at radius 1 is 0.488 bits per heavy atom. The number of phenols is 2. The number of hydrogen-bond donors (Lipinski definition) is 3. The first-order valence-electron chi connectivity index (χ1n) is 13.9. The molecule has 0 bridgehead atoms. The van der Waals surface area contributed by atoms with Crippen LogP contribution in [0, 0.1) is 0 Å². The Labute approximate surface area is 250 Å². The maximum absolute atomic E-state index is 10.6. The molecule has 43 heavy (non-hydrogen) atoms. The maximum Gasteiger partial charge on any atom is 0.161 e. The van der Waals surface area contributed by atoms with Crippen LogP contribution < -0.4 is 28.4 Å². The van der Waals surface area contributed by atoms with Crippen molar-refractivity contribution in [2.75, 3.05) is 41.7 Å². The molecule has 1 aliphatic rings. The monoisotopic (exact) mass is 588 g/mol. The number of rotatable bonds is 10. The minimum absolute atomic E-state index is 0.0643. The maximum atomic E-state index is 10.6. The molecule has 4 aromatic carbocycles. The first-order chi connectivity index (χ1) is 20.9. The molecule has 0 spiro atoms. The van der Waals surface area contributed by atoms with Gasteiger partial charge in [-0.15, -0.1) is 0 Å². The molecule has 9 nitrogen and oxygen atoms in total. The van der Waals surface area contributed by atoms with Crippen LogP contribution in [0.3, 0.4) is 0 Å². The van der Waals surface area contributed by atoms with Gasteiger partial charge in [-0.1, -0.05) is 6.07 Å². The molecular weight excluding hydrogens is 552 g/mol. The summed E-state index contributed by atoms with van der Waals surface area (Å²) in [4.78, 5) is 0. The van der Waals surface area contributed by atoms with Crippen molar-refractivity contribution in [2.45, 2.75) is 25.9 Å². The van der Waals surface area contributed by atoms with Gasteiger partial charge in [-0.25, -0.2) is 0 Å². The van der Waals surface area contributed by atoms with Crippen molar-refractivity contribution >= 4 is 0 Å². The standard InChI is InChI=1S/C34H36O9/c1-38-30-15-23-10-21-13-27(36)31(39-2)16-24(21)12-26-18-34(33(41-4)17-25(26)11-22(23)14-28(30)37)43-8-7-42-29-6-5-20(19-35)9-32(29)40-3/h5-6,9,13-18,35-37H,7-8,10-12,19H2,1-4H3. The van der Waals surface area contributed by atoms with Crippen LogP contribution in [0.1, 0.15) is 38.9 Å². The minimum atomic E-state index is -0.0861. The Balaban J connectivity index is 1.48. The van der Waals surface area contributed by atoms with Crippen molar-refractivity contribution in [3.8, 4) is 46.0 Å². The molecule has 1 aliphatic carbocycles. The molecule has 3 N–H and O–H groups in total. The number of benzene rings is 4. The van der Waals surface area contributed by atoms with Crippen LogP contribution in [0.25, 0.3) is 0 Å². The van der Waals surface area contributed by atoms with E-state index in [9.17, 15) is 15.3 Å². The lowest BCUT2D eigenvalue weighted by Gasteiger charge is -2.18. The summed E-state index contributed by atoms with van der Waals surface area (Å²) in [7, 11) is 6.21. The molecule has 0 fully saturated rings. The van der Waals surface area contributed by atoms with Crippen molar-refractivity contribution in [1.29, 1.82) is 0 Å². The summed E-state index contributed by atoms with van der Waals surface area (Å²) >= 11 is 0. The summed E-state index contributed by atoms with van der Waals surface area (Å²) in [5.41, 5.74) is 6.60. The van der Waals surface area contributed by atoms with Gasteiger partial charge in [0.25, 0.3) is 0 Å². The molecule has 9 heteroatoms. The fourth-order valence-corrected chi connectivity index (χ4v) is 5.39. The van der Waals surface area contributed by atoms with Gasteiger partial charge in [0.05, 0.1) is 35.0 Å². The summed E-state index contributed by atoms with van der Waals surface area (Å²) < 4.78 is 34.0. The summed E-state index contributed by atoms with van der Waals surface area (Å²) in [5, 5.41) is 30.6. The van der Waals surface area contributed by atoms with Gasteiger partial charge < -0.3 is 43.7 Å². The van der Waals surface area contributed by atoms with Gasteiger partial charge in [0.2, 0.25) is 0 Å². The molecule has 0 atom stereocenters. The van der Waals surface area contributed by atoms with E-state index in [0.29, 0.717) is 53.8 Å².